The lowest BCUT2D eigenvalue weighted by molar-refractivity contribution is 0.00361. The van der Waals surface area contributed by atoms with Crippen LogP contribution in [-0.2, 0) is 0 Å². The van der Waals surface area contributed by atoms with E-state index in [0.29, 0.717) is 26.1 Å². The monoisotopic (exact) mass is 367 g/mol. The standard InChI is InChI=1S/C22H29N3O2/c1-24(2)17-22(27)13-6-15-25(16-14-22)21(26)23-20-11-9-19(10-12-20)18-7-4-3-5-8-18/h3-5,7-12,27H,6,13-17H2,1-2H3,(H,23,26)/t22-/m0/s1. The van der Waals surface area contributed by atoms with E-state index in [0.717, 1.165) is 29.7 Å². The number of likely N-dealkylation sites (tertiary alicyclic amines) is 1. The molecule has 0 radical (unpaired) electrons. The first-order valence-electron chi connectivity index (χ1n) is 9.54. The van der Waals surface area contributed by atoms with Crippen molar-refractivity contribution in [3.8, 4) is 11.1 Å². The first kappa shape index (κ1) is 19.4. The molecule has 0 bridgehead atoms. The van der Waals surface area contributed by atoms with E-state index in [4.69, 9.17) is 0 Å². The van der Waals surface area contributed by atoms with Gasteiger partial charge in [0, 0.05) is 25.3 Å². The Labute approximate surface area is 161 Å². The van der Waals surface area contributed by atoms with Crippen molar-refractivity contribution in [3.63, 3.8) is 0 Å². The second-order valence-electron chi connectivity index (χ2n) is 7.68. The highest BCUT2D eigenvalue weighted by atomic mass is 16.3. The Hall–Kier alpha value is -2.37. The van der Waals surface area contributed by atoms with Gasteiger partial charge in [0.2, 0.25) is 0 Å². The van der Waals surface area contributed by atoms with E-state index in [1.165, 1.54) is 0 Å². The third-order valence-electron chi connectivity index (χ3n) is 5.06. The molecule has 2 amide bonds. The molecule has 1 aliphatic heterocycles. The maximum atomic E-state index is 12.6. The number of likely N-dealkylation sites (N-methyl/N-ethyl adjacent to an activating group) is 1. The van der Waals surface area contributed by atoms with Crippen LogP contribution in [0, 0.1) is 0 Å². The normalized spacial score (nSPS) is 20.4. The zero-order valence-corrected chi connectivity index (χ0v) is 16.2. The number of nitrogens with zero attached hydrogens (tertiary/aromatic N) is 2. The Kier molecular flexibility index (Phi) is 6.14. The lowest BCUT2D eigenvalue weighted by atomic mass is 9.94. The molecule has 1 atom stereocenters. The summed E-state index contributed by atoms with van der Waals surface area (Å²) < 4.78 is 0. The van der Waals surface area contributed by atoms with Crippen LogP contribution in [0.25, 0.3) is 11.1 Å². The Morgan fingerprint density at radius 1 is 1.04 bits per heavy atom. The number of urea groups is 1. The van der Waals surface area contributed by atoms with E-state index in [-0.39, 0.29) is 6.03 Å². The highest BCUT2D eigenvalue weighted by molar-refractivity contribution is 5.89. The smallest absolute Gasteiger partial charge is 0.321 e. The number of anilines is 1. The molecule has 0 aliphatic carbocycles. The number of hydrogen-bond donors (Lipinski definition) is 2. The van der Waals surface area contributed by atoms with E-state index < -0.39 is 5.60 Å². The van der Waals surface area contributed by atoms with Crippen molar-refractivity contribution in [2.75, 3.05) is 39.0 Å². The second kappa shape index (κ2) is 8.55. The Balaban J connectivity index is 1.59. The number of benzene rings is 2. The van der Waals surface area contributed by atoms with Crippen LogP contribution < -0.4 is 5.32 Å². The van der Waals surface area contributed by atoms with Crippen molar-refractivity contribution < 1.29 is 9.90 Å². The van der Waals surface area contributed by atoms with Crippen LogP contribution >= 0.6 is 0 Å². The van der Waals surface area contributed by atoms with Gasteiger partial charge in [0.25, 0.3) is 0 Å². The van der Waals surface area contributed by atoms with Gasteiger partial charge in [0.15, 0.2) is 0 Å². The minimum Gasteiger partial charge on any atom is -0.388 e. The van der Waals surface area contributed by atoms with Crippen molar-refractivity contribution >= 4 is 11.7 Å². The summed E-state index contributed by atoms with van der Waals surface area (Å²) in [5.41, 5.74) is 2.35. The number of amides is 2. The van der Waals surface area contributed by atoms with Gasteiger partial charge in [-0.1, -0.05) is 42.5 Å². The molecule has 5 heteroatoms. The first-order chi connectivity index (χ1) is 13.0. The van der Waals surface area contributed by atoms with Gasteiger partial charge in [0.1, 0.15) is 0 Å². The summed E-state index contributed by atoms with van der Waals surface area (Å²) >= 11 is 0. The van der Waals surface area contributed by atoms with Gasteiger partial charge in [-0.05, 0) is 56.6 Å². The zero-order chi connectivity index (χ0) is 19.3. The van der Waals surface area contributed by atoms with Crippen LogP contribution in [0.5, 0.6) is 0 Å². The predicted octanol–water partition coefficient (Wildman–Crippen LogP) is 3.66. The largest absolute Gasteiger partial charge is 0.388 e. The Morgan fingerprint density at radius 3 is 2.37 bits per heavy atom. The predicted molar refractivity (Wildman–Crippen MR) is 110 cm³/mol. The zero-order valence-electron chi connectivity index (χ0n) is 16.2. The summed E-state index contributed by atoms with van der Waals surface area (Å²) in [6.07, 6.45) is 2.14. The molecule has 5 nitrogen and oxygen atoms in total. The van der Waals surface area contributed by atoms with E-state index >= 15 is 0 Å². The Bertz CT molecular complexity index is 746. The molecule has 0 unspecified atom stereocenters. The maximum Gasteiger partial charge on any atom is 0.321 e. The van der Waals surface area contributed by atoms with Crippen LogP contribution in [0.1, 0.15) is 19.3 Å². The van der Waals surface area contributed by atoms with Gasteiger partial charge in [0.05, 0.1) is 5.60 Å². The fraction of sp³-hybridized carbons (Fsp3) is 0.409. The van der Waals surface area contributed by atoms with E-state index in [2.05, 4.69) is 17.4 Å². The SMILES string of the molecule is CN(C)C[C@]1(O)CCCN(C(=O)Nc2ccc(-c3ccccc3)cc2)CC1. The fourth-order valence-corrected chi connectivity index (χ4v) is 3.71. The molecule has 2 aromatic rings. The summed E-state index contributed by atoms with van der Waals surface area (Å²) in [6, 6.07) is 18.0. The molecule has 3 rings (SSSR count). The summed E-state index contributed by atoms with van der Waals surface area (Å²) in [5.74, 6) is 0. The molecule has 0 saturated carbocycles. The minimum absolute atomic E-state index is 0.100. The van der Waals surface area contributed by atoms with E-state index in [9.17, 15) is 9.90 Å². The molecular formula is C22H29N3O2. The van der Waals surface area contributed by atoms with Gasteiger partial charge in [-0.3, -0.25) is 0 Å². The molecular weight excluding hydrogens is 338 g/mol. The first-order valence-corrected chi connectivity index (χ1v) is 9.54. The number of nitrogens with one attached hydrogen (secondary N) is 1. The molecule has 1 aliphatic rings. The molecule has 2 aromatic carbocycles. The Morgan fingerprint density at radius 2 is 1.70 bits per heavy atom. The number of carbonyl (C=O) groups is 1. The van der Waals surface area contributed by atoms with E-state index in [1.54, 1.807) is 4.90 Å². The number of rotatable bonds is 4. The lowest BCUT2D eigenvalue weighted by Crippen LogP contribution is -2.42. The highest BCUT2D eigenvalue weighted by Crippen LogP contribution is 2.24. The van der Waals surface area contributed by atoms with Crippen molar-refractivity contribution in [2.24, 2.45) is 0 Å². The van der Waals surface area contributed by atoms with E-state index in [1.807, 2.05) is 61.5 Å². The molecule has 0 spiro atoms. The third-order valence-corrected chi connectivity index (χ3v) is 5.06. The van der Waals surface area contributed by atoms with Crippen molar-refractivity contribution in [2.45, 2.75) is 24.9 Å². The van der Waals surface area contributed by atoms with Crippen LogP contribution in [0.15, 0.2) is 54.6 Å². The topological polar surface area (TPSA) is 55.8 Å². The molecule has 0 aromatic heterocycles. The summed E-state index contributed by atoms with van der Waals surface area (Å²) in [4.78, 5) is 16.4. The lowest BCUT2D eigenvalue weighted by Gasteiger charge is -2.29. The average molecular weight is 367 g/mol. The summed E-state index contributed by atoms with van der Waals surface area (Å²) in [5, 5.41) is 13.7. The molecule has 2 N–H and O–H groups in total. The van der Waals surface area contributed by atoms with Gasteiger partial charge in [-0.15, -0.1) is 0 Å². The van der Waals surface area contributed by atoms with Crippen molar-refractivity contribution in [3.05, 3.63) is 54.6 Å². The second-order valence-corrected chi connectivity index (χ2v) is 7.68. The average Bonchev–Trinajstić information content (AvgIpc) is 2.84. The highest BCUT2D eigenvalue weighted by Gasteiger charge is 2.31. The fourth-order valence-electron chi connectivity index (χ4n) is 3.71. The molecule has 1 saturated heterocycles. The van der Waals surface area contributed by atoms with Crippen LogP contribution in [-0.4, -0.2) is 60.3 Å². The van der Waals surface area contributed by atoms with Gasteiger partial charge < -0.3 is 20.2 Å². The molecule has 1 fully saturated rings. The number of hydrogen-bond acceptors (Lipinski definition) is 3. The van der Waals surface area contributed by atoms with Gasteiger partial charge in [-0.25, -0.2) is 4.79 Å². The van der Waals surface area contributed by atoms with Crippen molar-refractivity contribution in [1.29, 1.82) is 0 Å². The van der Waals surface area contributed by atoms with Crippen LogP contribution in [0.2, 0.25) is 0 Å². The molecule has 27 heavy (non-hydrogen) atoms. The third kappa shape index (κ3) is 5.31. The number of aliphatic hydroxyl groups is 1. The number of carbonyl (C=O) groups excluding carboxylic acids is 1. The quantitative estimate of drug-likeness (QED) is 0.867. The van der Waals surface area contributed by atoms with Gasteiger partial charge in [-0.2, -0.15) is 0 Å². The summed E-state index contributed by atoms with van der Waals surface area (Å²) in [7, 11) is 3.93. The maximum absolute atomic E-state index is 12.6. The van der Waals surface area contributed by atoms with Gasteiger partial charge >= 0.3 is 6.03 Å². The summed E-state index contributed by atoms with van der Waals surface area (Å²) in [6.45, 7) is 1.87. The molecule has 144 valence electrons. The van der Waals surface area contributed by atoms with Crippen LogP contribution in [0.4, 0.5) is 10.5 Å². The van der Waals surface area contributed by atoms with Crippen LogP contribution in [0.3, 0.4) is 0 Å². The molecule has 1 heterocycles. The van der Waals surface area contributed by atoms with Crippen molar-refractivity contribution in [1.82, 2.24) is 9.80 Å². The minimum atomic E-state index is -0.712.